The first-order valence-electron chi connectivity index (χ1n) is 10.4. The molecule has 4 nitrogen and oxygen atoms in total. The van der Waals surface area contributed by atoms with E-state index >= 15 is 0 Å². The van der Waals surface area contributed by atoms with E-state index in [9.17, 15) is 9.59 Å². The van der Waals surface area contributed by atoms with E-state index in [1.54, 1.807) is 16.7 Å². The second-order valence-electron chi connectivity index (χ2n) is 7.52. The Morgan fingerprint density at radius 3 is 2.30 bits per heavy atom. The van der Waals surface area contributed by atoms with E-state index in [4.69, 9.17) is 11.6 Å². The van der Waals surface area contributed by atoms with Gasteiger partial charge in [0.25, 0.3) is 0 Å². The standard InChI is InChI=1S/C24H31ClN2O2S/c1-4-22(24(29)26-18(2)3)27(16-19-10-12-21(25)13-11-19)23(28)14-15-30-17-20-8-6-5-7-9-20/h5-13,18,22H,4,14-17H2,1-3H3,(H,26,29). The van der Waals surface area contributed by atoms with Gasteiger partial charge in [-0.2, -0.15) is 11.8 Å². The molecule has 30 heavy (non-hydrogen) atoms. The second-order valence-corrected chi connectivity index (χ2v) is 9.07. The van der Waals surface area contributed by atoms with Gasteiger partial charge in [0.15, 0.2) is 0 Å². The van der Waals surface area contributed by atoms with Gasteiger partial charge in [-0.25, -0.2) is 0 Å². The number of amides is 2. The number of benzene rings is 2. The molecular formula is C24H31ClN2O2S. The van der Waals surface area contributed by atoms with Crippen LogP contribution in [0, 0.1) is 0 Å². The minimum absolute atomic E-state index is 0.00346. The highest BCUT2D eigenvalue weighted by Crippen LogP contribution is 2.18. The molecule has 0 fully saturated rings. The summed E-state index contributed by atoms with van der Waals surface area (Å²) in [5.41, 5.74) is 2.20. The van der Waals surface area contributed by atoms with E-state index in [0.717, 1.165) is 11.3 Å². The van der Waals surface area contributed by atoms with Crippen LogP contribution in [-0.2, 0) is 21.9 Å². The second kappa shape index (κ2) is 12.7. The molecule has 2 rings (SSSR count). The third kappa shape index (κ3) is 8.04. The molecule has 0 aromatic heterocycles. The lowest BCUT2D eigenvalue weighted by Gasteiger charge is -2.31. The Hall–Kier alpha value is -1.98. The number of carbonyl (C=O) groups is 2. The Labute approximate surface area is 189 Å². The van der Waals surface area contributed by atoms with Crippen LogP contribution in [0.5, 0.6) is 0 Å². The van der Waals surface area contributed by atoms with Crippen molar-refractivity contribution in [3.8, 4) is 0 Å². The molecule has 0 radical (unpaired) electrons. The summed E-state index contributed by atoms with van der Waals surface area (Å²) in [5, 5.41) is 3.61. The van der Waals surface area contributed by atoms with Crippen LogP contribution in [0.1, 0.15) is 44.7 Å². The molecule has 2 amide bonds. The molecule has 2 aromatic carbocycles. The van der Waals surface area contributed by atoms with Crippen LogP contribution < -0.4 is 5.32 Å². The normalized spacial score (nSPS) is 11.9. The van der Waals surface area contributed by atoms with Gasteiger partial charge in [-0.1, -0.05) is 61.0 Å². The van der Waals surface area contributed by atoms with E-state index in [2.05, 4.69) is 17.4 Å². The smallest absolute Gasteiger partial charge is 0.243 e. The first-order valence-corrected chi connectivity index (χ1v) is 11.9. The van der Waals surface area contributed by atoms with Crippen molar-refractivity contribution < 1.29 is 9.59 Å². The Balaban J connectivity index is 2.05. The maximum atomic E-state index is 13.1. The lowest BCUT2D eigenvalue weighted by Crippen LogP contribution is -2.50. The third-order valence-electron chi connectivity index (χ3n) is 4.65. The molecule has 0 spiro atoms. The van der Waals surface area contributed by atoms with Crippen LogP contribution in [-0.4, -0.2) is 34.6 Å². The van der Waals surface area contributed by atoms with Gasteiger partial charge < -0.3 is 10.2 Å². The van der Waals surface area contributed by atoms with Crippen molar-refractivity contribution in [2.75, 3.05) is 5.75 Å². The molecular weight excluding hydrogens is 416 g/mol. The largest absolute Gasteiger partial charge is 0.352 e. The van der Waals surface area contributed by atoms with Gasteiger partial charge in [-0.05, 0) is 43.5 Å². The fourth-order valence-electron chi connectivity index (χ4n) is 3.15. The minimum Gasteiger partial charge on any atom is -0.352 e. The number of nitrogens with one attached hydrogen (secondary N) is 1. The van der Waals surface area contributed by atoms with Crippen molar-refractivity contribution in [2.45, 2.75) is 58.0 Å². The third-order valence-corrected chi connectivity index (χ3v) is 5.94. The molecule has 0 aliphatic carbocycles. The molecule has 1 atom stereocenters. The lowest BCUT2D eigenvalue weighted by molar-refractivity contribution is -0.141. The quantitative estimate of drug-likeness (QED) is 0.477. The fourth-order valence-corrected chi connectivity index (χ4v) is 4.17. The van der Waals surface area contributed by atoms with E-state index in [1.807, 2.05) is 63.2 Å². The van der Waals surface area contributed by atoms with Gasteiger partial charge in [0.2, 0.25) is 11.8 Å². The van der Waals surface area contributed by atoms with Crippen LogP contribution in [0.2, 0.25) is 5.02 Å². The average Bonchev–Trinajstić information content (AvgIpc) is 2.72. The minimum atomic E-state index is -0.491. The van der Waals surface area contributed by atoms with Gasteiger partial charge in [-0.3, -0.25) is 9.59 Å². The van der Waals surface area contributed by atoms with Crippen LogP contribution in [0.4, 0.5) is 0 Å². The van der Waals surface area contributed by atoms with Crippen molar-refractivity contribution in [2.24, 2.45) is 0 Å². The van der Waals surface area contributed by atoms with Crippen molar-refractivity contribution in [3.63, 3.8) is 0 Å². The summed E-state index contributed by atoms with van der Waals surface area (Å²) >= 11 is 7.73. The van der Waals surface area contributed by atoms with E-state index in [1.165, 1.54) is 5.56 Å². The Morgan fingerprint density at radius 2 is 1.70 bits per heavy atom. The summed E-state index contributed by atoms with van der Waals surface area (Å²) in [6, 6.07) is 17.2. The average molecular weight is 447 g/mol. The highest BCUT2D eigenvalue weighted by atomic mass is 35.5. The van der Waals surface area contributed by atoms with Crippen molar-refractivity contribution >= 4 is 35.2 Å². The number of hydrogen-bond acceptors (Lipinski definition) is 3. The van der Waals surface area contributed by atoms with E-state index in [0.29, 0.717) is 30.2 Å². The molecule has 1 unspecified atom stereocenters. The Kier molecular flexibility index (Phi) is 10.2. The molecule has 0 saturated carbocycles. The highest BCUT2D eigenvalue weighted by molar-refractivity contribution is 7.98. The molecule has 6 heteroatoms. The maximum absolute atomic E-state index is 13.1. The van der Waals surface area contributed by atoms with Crippen molar-refractivity contribution in [3.05, 3.63) is 70.7 Å². The number of rotatable bonds is 11. The number of thioether (sulfide) groups is 1. The number of halogens is 1. The number of hydrogen-bond donors (Lipinski definition) is 1. The molecule has 2 aromatic rings. The number of carbonyl (C=O) groups excluding carboxylic acids is 2. The Bertz CT molecular complexity index is 797. The van der Waals surface area contributed by atoms with Crippen molar-refractivity contribution in [1.29, 1.82) is 0 Å². The SMILES string of the molecule is CCC(C(=O)NC(C)C)N(Cc1ccc(Cl)cc1)C(=O)CCSCc1ccccc1. The van der Waals surface area contributed by atoms with Crippen LogP contribution in [0.25, 0.3) is 0 Å². The summed E-state index contributed by atoms with van der Waals surface area (Å²) in [6.07, 6.45) is 0.964. The predicted octanol–water partition coefficient (Wildman–Crippen LogP) is 5.30. The Morgan fingerprint density at radius 1 is 1.03 bits per heavy atom. The predicted molar refractivity (Wildman–Crippen MR) is 127 cm³/mol. The van der Waals surface area contributed by atoms with Gasteiger partial charge >= 0.3 is 0 Å². The molecule has 0 bridgehead atoms. The van der Waals surface area contributed by atoms with Gasteiger partial charge in [0, 0.05) is 35.5 Å². The number of nitrogens with zero attached hydrogens (tertiary/aromatic N) is 1. The molecule has 0 heterocycles. The summed E-state index contributed by atoms with van der Waals surface area (Å²) < 4.78 is 0. The zero-order valence-corrected chi connectivity index (χ0v) is 19.5. The van der Waals surface area contributed by atoms with E-state index in [-0.39, 0.29) is 17.9 Å². The first-order chi connectivity index (χ1) is 14.4. The summed E-state index contributed by atoms with van der Waals surface area (Å²) in [5.74, 6) is 1.48. The van der Waals surface area contributed by atoms with Crippen LogP contribution >= 0.6 is 23.4 Å². The highest BCUT2D eigenvalue weighted by Gasteiger charge is 2.28. The van der Waals surface area contributed by atoms with E-state index < -0.39 is 6.04 Å². The lowest BCUT2D eigenvalue weighted by atomic mass is 10.1. The fraction of sp³-hybridized carbons (Fsp3) is 0.417. The zero-order chi connectivity index (χ0) is 21.9. The molecule has 0 aliphatic rings. The molecule has 0 saturated heterocycles. The zero-order valence-electron chi connectivity index (χ0n) is 17.9. The topological polar surface area (TPSA) is 49.4 Å². The molecule has 162 valence electrons. The van der Waals surface area contributed by atoms with Gasteiger partial charge in [-0.15, -0.1) is 0 Å². The van der Waals surface area contributed by atoms with Crippen molar-refractivity contribution in [1.82, 2.24) is 10.2 Å². The van der Waals surface area contributed by atoms with Crippen LogP contribution in [0.15, 0.2) is 54.6 Å². The summed E-state index contributed by atoms with van der Waals surface area (Å²) in [6.45, 7) is 6.19. The van der Waals surface area contributed by atoms with Gasteiger partial charge in [0.1, 0.15) is 6.04 Å². The first kappa shape index (κ1) is 24.3. The van der Waals surface area contributed by atoms with Gasteiger partial charge in [0.05, 0.1) is 0 Å². The van der Waals surface area contributed by atoms with Crippen LogP contribution in [0.3, 0.4) is 0 Å². The summed E-state index contributed by atoms with van der Waals surface area (Å²) in [4.78, 5) is 27.6. The maximum Gasteiger partial charge on any atom is 0.243 e. The monoisotopic (exact) mass is 446 g/mol. The summed E-state index contributed by atoms with van der Waals surface area (Å²) in [7, 11) is 0. The molecule has 1 N–H and O–H groups in total. The molecule has 0 aliphatic heterocycles.